The van der Waals surface area contributed by atoms with Crippen molar-refractivity contribution in [2.24, 2.45) is 5.73 Å². The zero-order valence-electron chi connectivity index (χ0n) is 12.4. The smallest absolute Gasteiger partial charge is 0.220 e. The van der Waals surface area contributed by atoms with E-state index >= 15 is 0 Å². The number of hydrogen-bond donors (Lipinski definition) is 2. The number of amides is 1. The first-order valence-electron chi connectivity index (χ1n) is 6.96. The topological polar surface area (TPSA) is 64.3 Å². The minimum atomic E-state index is 0. The van der Waals surface area contributed by atoms with Gasteiger partial charge in [-0.3, -0.25) is 4.79 Å². The molecule has 0 bridgehead atoms. The molecule has 0 saturated heterocycles. The van der Waals surface area contributed by atoms with E-state index in [0.717, 1.165) is 37.8 Å². The fourth-order valence-electron chi connectivity index (χ4n) is 1.89. The van der Waals surface area contributed by atoms with Crippen LogP contribution in [0.3, 0.4) is 0 Å². The van der Waals surface area contributed by atoms with Crippen molar-refractivity contribution in [2.75, 3.05) is 13.7 Å². The molecule has 0 aliphatic heterocycles. The summed E-state index contributed by atoms with van der Waals surface area (Å²) in [6.45, 7) is 1.22. The molecule has 0 saturated carbocycles. The van der Waals surface area contributed by atoms with Gasteiger partial charge in [0.05, 0.1) is 12.1 Å². The van der Waals surface area contributed by atoms with Gasteiger partial charge in [0, 0.05) is 13.0 Å². The summed E-state index contributed by atoms with van der Waals surface area (Å²) < 4.78 is 5.08. The molecule has 4 nitrogen and oxygen atoms in total. The number of hydrogen-bond acceptors (Lipinski definition) is 3. The fraction of sp³-hybridized carbons (Fsp3) is 0.533. The molecule has 0 fully saturated rings. The third kappa shape index (κ3) is 8.15. The lowest BCUT2D eigenvalue weighted by Gasteiger charge is -2.08. The zero-order valence-corrected chi connectivity index (χ0v) is 13.9. The van der Waals surface area contributed by atoms with E-state index in [1.165, 1.54) is 0 Å². The predicted octanol–water partition coefficient (Wildman–Crippen LogP) is 3.30. The summed E-state index contributed by atoms with van der Waals surface area (Å²) in [7, 11) is 1.58. The van der Waals surface area contributed by atoms with Crippen molar-refractivity contribution in [1.29, 1.82) is 0 Å². The Morgan fingerprint density at radius 3 is 2.62 bits per heavy atom. The highest BCUT2D eigenvalue weighted by Crippen LogP contribution is 2.24. The summed E-state index contributed by atoms with van der Waals surface area (Å²) in [5.41, 5.74) is 6.38. The van der Waals surface area contributed by atoms with Gasteiger partial charge in [-0.15, -0.1) is 12.4 Å². The average Bonchev–Trinajstić information content (AvgIpc) is 2.45. The Labute approximate surface area is 137 Å². The average molecular weight is 335 g/mol. The number of unbranched alkanes of at least 4 members (excludes halogenated alkanes) is 3. The van der Waals surface area contributed by atoms with Crippen molar-refractivity contribution in [1.82, 2.24) is 5.32 Å². The predicted molar refractivity (Wildman–Crippen MR) is 89.2 cm³/mol. The second-order valence-electron chi connectivity index (χ2n) is 4.70. The summed E-state index contributed by atoms with van der Waals surface area (Å²) in [6, 6.07) is 5.50. The maximum Gasteiger partial charge on any atom is 0.220 e. The molecule has 0 atom stereocenters. The molecule has 120 valence electrons. The molecule has 3 N–H and O–H groups in total. The van der Waals surface area contributed by atoms with Crippen LogP contribution in [0.4, 0.5) is 0 Å². The molecule has 0 aliphatic carbocycles. The van der Waals surface area contributed by atoms with E-state index < -0.39 is 0 Å². The van der Waals surface area contributed by atoms with E-state index in [1.807, 2.05) is 12.1 Å². The second-order valence-corrected chi connectivity index (χ2v) is 5.11. The van der Waals surface area contributed by atoms with Crippen LogP contribution in [0.1, 0.15) is 37.7 Å². The Balaban J connectivity index is 0.00000400. The highest BCUT2D eigenvalue weighted by molar-refractivity contribution is 6.32. The monoisotopic (exact) mass is 334 g/mol. The van der Waals surface area contributed by atoms with Crippen LogP contribution in [0.5, 0.6) is 5.75 Å². The molecule has 0 radical (unpaired) electrons. The van der Waals surface area contributed by atoms with Gasteiger partial charge in [-0.1, -0.05) is 30.5 Å². The molecular weight excluding hydrogens is 311 g/mol. The number of methoxy groups -OCH3 is 1. The molecule has 1 aromatic carbocycles. The molecule has 21 heavy (non-hydrogen) atoms. The van der Waals surface area contributed by atoms with Crippen molar-refractivity contribution >= 4 is 29.9 Å². The van der Waals surface area contributed by atoms with Crippen molar-refractivity contribution in [2.45, 2.75) is 38.6 Å². The molecule has 1 amide bonds. The molecule has 0 spiro atoms. The Hall–Kier alpha value is -0.970. The largest absolute Gasteiger partial charge is 0.495 e. The minimum absolute atomic E-state index is 0. The van der Waals surface area contributed by atoms with E-state index in [-0.39, 0.29) is 18.3 Å². The van der Waals surface area contributed by atoms with Crippen LogP contribution in [-0.2, 0) is 11.3 Å². The van der Waals surface area contributed by atoms with Crippen LogP contribution < -0.4 is 15.8 Å². The molecular formula is C15H24Cl2N2O2. The lowest BCUT2D eigenvalue weighted by Crippen LogP contribution is -2.22. The maximum atomic E-state index is 11.7. The summed E-state index contributed by atoms with van der Waals surface area (Å²) >= 11 is 6.03. The summed E-state index contributed by atoms with van der Waals surface area (Å²) in [4.78, 5) is 11.7. The van der Waals surface area contributed by atoms with E-state index in [9.17, 15) is 4.79 Å². The second kappa shape index (κ2) is 11.7. The first-order chi connectivity index (χ1) is 9.67. The SMILES string of the molecule is COc1ccc(CNC(=O)CCCCCCN)cc1Cl.Cl. The highest BCUT2D eigenvalue weighted by atomic mass is 35.5. The van der Waals surface area contributed by atoms with Crippen molar-refractivity contribution in [3.63, 3.8) is 0 Å². The number of halogens is 2. The van der Waals surface area contributed by atoms with Gasteiger partial charge in [-0.25, -0.2) is 0 Å². The number of carbonyl (C=O) groups is 1. The highest BCUT2D eigenvalue weighted by Gasteiger charge is 2.04. The lowest BCUT2D eigenvalue weighted by molar-refractivity contribution is -0.121. The van der Waals surface area contributed by atoms with Gasteiger partial charge in [0.25, 0.3) is 0 Å². The number of nitrogens with one attached hydrogen (secondary N) is 1. The van der Waals surface area contributed by atoms with Crippen LogP contribution in [0.15, 0.2) is 18.2 Å². The minimum Gasteiger partial charge on any atom is -0.495 e. The van der Waals surface area contributed by atoms with E-state index in [2.05, 4.69) is 5.32 Å². The number of carbonyl (C=O) groups excluding carboxylic acids is 1. The van der Waals surface area contributed by atoms with Gasteiger partial charge in [0.2, 0.25) is 5.91 Å². The van der Waals surface area contributed by atoms with Crippen LogP contribution in [0.25, 0.3) is 0 Å². The Kier molecular flexibility index (Phi) is 11.1. The Bertz CT molecular complexity index is 428. The molecule has 0 aliphatic rings. The summed E-state index contributed by atoms with van der Waals surface area (Å²) in [6.07, 6.45) is 4.66. The molecule has 1 rings (SSSR count). The third-order valence-electron chi connectivity index (χ3n) is 3.06. The fourth-order valence-corrected chi connectivity index (χ4v) is 2.17. The van der Waals surface area contributed by atoms with Gasteiger partial charge in [-0.2, -0.15) is 0 Å². The maximum absolute atomic E-state index is 11.7. The van der Waals surface area contributed by atoms with E-state index in [0.29, 0.717) is 23.7 Å². The van der Waals surface area contributed by atoms with E-state index in [1.54, 1.807) is 13.2 Å². The Morgan fingerprint density at radius 2 is 2.00 bits per heavy atom. The van der Waals surface area contributed by atoms with Crippen molar-refractivity contribution in [3.05, 3.63) is 28.8 Å². The van der Waals surface area contributed by atoms with Gasteiger partial charge in [-0.05, 0) is 37.1 Å². The van der Waals surface area contributed by atoms with Crippen molar-refractivity contribution < 1.29 is 9.53 Å². The number of rotatable bonds is 9. The first-order valence-corrected chi connectivity index (χ1v) is 7.34. The molecule has 0 heterocycles. The lowest BCUT2D eigenvalue weighted by atomic mass is 10.1. The van der Waals surface area contributed by atoms with Gasteiger partial charge >= 0.3 is 0 Å². The van der Waals surface area contributed by atoms with Crippen LogP contribution >= 0.6 is 24.0 Å². The van der Waals surface area contributed by atoms with E-state index in [4.69, 9.17) is 22.1 Å². The number of benzene rings is 1. The molecule has 6 heteroatoms. The summed E-state index contributed by atoms with van der Waals surface area (Å²) in [5, 5.41) is 3.45. The van der Waals surface area contributed by atoms with Crippen LogP contribution in [0.2, 0.25) is 5.02 Å². The molecule has 0 unspecified atom stereocenters. The molecule has 1 aromatic rings. The third-order valence-corrected chi connectivity index (χ3v) is 3.36. The quantitative estimate of drug-likeness (QED) is 0.681. The molecule has 0 aromatic heterocycles. The standard InChI is InChI=1S/C15H23ClN2O2.ClH/c1-20-14-8-7-12(10-13(14)16)11-18-15(19)6-4-2-3-5-9-17;/h7-8,10H,2-6,9,11,17H2,1H3,(H,18,19);1H. The Morgan fingerprint density at radius 1 is 1.29 bits per heavy atom. The van der Waals surface area contributed by atoms with Crippen LogP contribution in [0, 0.1) is 0 Å². The summed E-state index contributed by atoms with van der Waals surface area (Å²) in [5.74, 6) is 0.714. The first kappa shape index (κ1) is 20.0. The van der Waals surface area contributed by atoms with Gasteiger partial charge in [0.1, 0.15) is 5.75 Å². The van der Waals surface area contributed by atoms with Gasteiger partial charge < -0.3 is 15.8 Å². The van der Waals surface area contributed by atoms with Crippen LogP contribution in [-0.4, -0.2) is 19.6 Å². The number of nitrogens with two attached hydrogens (primary N) is 1. The number of ether oxygens (including phenoxy) is 1. The van der Waals surface area contributed by atoms with Gasteiger partial charge in [0.15, 0.2) is 0 Å². The normalized spacial score (nSPS) is 9.86. The van der Waals surface area contributed by atoms with Crippen molar-refractivity contribution in [3.8, 4) is 5.75 Å². The zero-order chi connectivity index (χ0) is 14.8.